The number of rotatable bonds is 0. The molecule has 9 heavy (non-hydrogen) atoms. The van der Waals surface area contributed by atoms with Crippen molar-refractivity contribution in [3.63, 3.8) is 0 Å². The number of hydrogen-bond donors (Lipinski definition) is 0. The molecule has 0 spiro atoms. The van der Waals surface area contributed by atoms with Gasteiger partial charge in [0, 0.05) is 51.7 Å². The third-order valence-electron chi connectivity index (χ3n) is 0.843. The van der Waals surface area contributed by atoms with E-state index in [4.69, 9.17) is 0 Å². The van der Waals surface area contributed by atoms with Crippen molar-refractivity contribution < 1.29 is 51.7 Å². The van der Waals surface area contributed by atoms with E-state index < -0.39 is 0 Å². The molecule has 0 N–H and O–H groups in total. The van der Waals surface area contributed by atoms with Crippen LogP contribution >= 0.6 is 0 Å². The summed E-state index contributed by atoms with van der Waals surface area (Å²) in [5.74, 6) is 0. The Morgan fingerprint density at radius 3 is 1.56 bits per heavy atom. The van der Waals surface area contributed by atoms with Crippen LogP contribution in [0.2, 0.25) is 0 Å². The smallest absolute Gasteiger partial charge is 0 e. The van der Waals surface area contributed by atoms with Crippen LogP contribution in [0.4, 0.5) is 0 Å². The summed E-state index contributed by atoms with van der Waals surface area (Å²) in [6, 6.07) is 9.87. The first kappa shape index (κ1) is 12.5. The maximum atomic E-state index is 3.72. The standard InChI is InChI=1S/C7H7.2Hf/c1-7-5-3-2-4-6-7;;/h2-6H,1H2;;/q-1;;. The molecule has 2 heteroatoms. The van der Waals surface area contributed by atoms with Gasteiger partial charge in [-0.15, -0.1) is 12.1 Å². The molecular weight excluding hydrogens is 441 g/mol. The average molecular weight is 448 g/mol. The Bertz CT molecular complexity index is 137. The van der Waals surface area contributed by atoms with Crippen LogP contribution in [-0.2, 0) is 51.7 Å². The second kappa shape index (κ2) is 6.94. The minimum Gasteiger partial charge on any atom is -0.199 e. The van der Waals surface area contributed by atoms with Gasteiger partial charge in [0.2, 0.25) is 0 Å². The van der Waals surface area contributed by atoms with Gasteiger partial charge in [0.15, 0.2) is 0 Å². The first-order valence-corrected chi connectivity index (χ1v) is 2.26. The first-order valence-electron chi connectivity index (χ1n) is 2.26. The fraction of sp³-hybridized carbons (Fsp3) is 0. The zero-order chi connectivity index (χ0) is 5.11. The SMILES string of the molecule is [CH2-]c1ccccc1.[Hf].[Hf]. The van der Waals surface area contributed by atoms with E-state index in [9.17, 15) is 0 Å². The van der Waals surface area contributed by atoms with Gasteiger partial charge in [-0.2, -0.15) is 24.6 Å². The molecule has 0 heterocycles. The average Bonchev–Trinajstić information content (AvgIpc) is 1.69. The molecule has 0 aromatic heterocycles. The van der Waals surface area contributed by atoms with Crippen molar-refractivity contribution in [3.8, 4) is 0 Å². The van der Waals surface area contributed by atoms with Gasteiger partial charge < -0.3 is 0 Å². The predicted octanol–water partition coefficient (Wildman–Crippen LogP) is 1.86. The van der Waals surface area contributed by atoms with Gasteiger partial charge in [-0.25, -0.2) is 0 Å². The van der Waals surface area contributed by atoms with E-state index in [1.807, 2.05) is 30.3 Å². The molecule has 0 radical (unpaired) electrons. The zero-order valence-corrected chi connectivity index (χ0v) is 12.3. The molecule has 0 aliphatic carbocycles. The molecule has 0 saturated carbocycles. The van der Waals surface area contributed by atoms with E-state index in [0.29, 0.717) is 0 Å². The minimum absolute atomic E-state index is 0. The zero-order valence-electron chi connectivity index (χ0n) is 5.09. The fourth-order valence-corrected chi connectivity index (χ4v) is 0.478. The summed E-state index contributed by atoms with van der Waals surface area (Å²) in [4.78, 5) is 0. The van der Waals surface area contributed by atoms with Crippen LogP contribution in [0.3, 0.4) is 0 Å². The minimum atomic E-state index is 0. The Morgan fingerprint density at radius 2 is 1.33 bits per heavy atom. The predicted molar refractivity (Wildman–Crippen MR) is 30.9 cm³/mol. The molecule has 0 nitrogen and oxygen atoms in total. The van der Waals surface area contributed by atoms with Gasteiger partial charge in [0.1, 0.15) is 0 Å². The quantitative estimate of drug-likeness (QED) is 0.420. The molecule has 0 saturated heterocycles. The van der Waals surface area contributed by atoms with Gasteiger partial charge in [-0.3, -0.25) is 0 Å². The number of hydrogen-bond acceptors (Lipinski definition) is 0. The van der Waals surface area contributed by atoms with Gasteiger partial charge in [-0.05, 0) is 0 Å². The van der Waals surface area contributed by atoms with Crippen LogP contribution in [-0.4, -0.2) is 0 Å². The van der Waals surface area contributed by atoms with Crippen molar-refractivity contribution in [3.05, 3.63) is 42.8 Å². The Balaban J connectivity index is 0. The van der Waals surface area contributed by atoms with Crippen LogP contribution in [0.1, 0.15) is 5.56 Å². The maximum absolute atomic E-state index is 3.72. The fourth-order valence-electron chi connectivity index (χ4n) is 0.478. The number of benzene rings is 1. The van der Waals surface area contributed by atoms with Crippen molar-refractivity contribution in [1.82, 2.24) is 0 Å². The van der Waals surface area contributed by atoms with Crippen LogP contribution in [0.15, 0.2) is 30.3 Å². The summed E-state index contributed by atoms with van der Waals surface area (Å²) >= 11 is 0. The summed E-state index contributed by atoms with van der Waals surface area (Å²) in [6.45, 7) is 3.72. The molecule has 0 fully saturated rings. The van der Waals surface area contributed by atoms with Gasteiger partial charge in [0.05, 0.1) is 0 Å². The van der Waals surface area contributed by atoms with Crippen molar-refractivity contribution in [2.24, 2.45) is 0 Å². The Hall–Kier alpha value is 0.830. The monoisotopic (exact) mass is 451 g/mol. The third kappa shape index (κ3) is 5.28. The summed E-state index contributed by atoms with van der Waals surface area (Å²) < 4.78 is 0. The maximum Gasteiger partial charge on any atom is 0 e. The van der Waals surface area contributed by atoms with Gasteiger partial charge in [-0.1, -0.05) is 6.07 Å². The molecule has 1 aromatic rings. The Morgan fingerprint density at radius 1 is 0.889 bits per heavy atom. The second-order valence-corrected chi connectivity index (χ2v) is 1.49. The van der Waals surface area contributed by atoms with Crippen molar-refractivity contribution in [1.29, 1.82) is 0 Å². The van der Waals surface area contributed by atoms with Crippen LogP contribution in [0, 0.1) is 6.92 Å². The second-order valence-electron chi connectivity index (χ2n) is 1.49. The molecule has 0 unspecified atom stereocenters. The summed E-state index contributed by atoms with van der Waals surface area (Å²) in [7, 11) is 0. The van der Waals surface area contributed by atoms with Crippen LogP contribution in [0.25, 0.3) is 0 Å². The van der Waals surface area contributed by atoms with Crippen LogP contribution < -0.4 is 0 Å². The van der Waals surface area contributed by atoms with E-state index in [1.165, 1.54) is 0 Å². The van der Waals surface area contributed by atoms with Crippen molar-refractivity contribution in [2.45, 2.75) is 0 Å². The Kier molecular flexibility index (Phi) is 9.64. The summed E-state index contributed by atoms with van der Waals surface area (Å²) in [5, 5.41) is 0. The molecule has 0 aliphatic heterocycles. The van der Waals surface area contributed by atoms with E-state index in [0.717, 1.165) is 5.56 Å². The molecule has 0 amide bonds. The normalized spacial score (nSPS) is 6.67. The molecule has 1 aromatic carbocycles. The van der Waals surface area contributed by atoms with Gasteiger partial charge >= 0.3 is 0 Å². The summed E-state index contributed by atoms with van der Waals surface area (Å²) in [6.07, 6.45) is 0. The molecule has 0 atom stereocenters. The van der Waals surface area contributed by atoms with Crippen molar-refractivity contribution >= 4 is 0 Å². The summed E-state index contributed by atoms with van der Waals surface area (Å²) in [5.41, 5.74) is 1.07. The largest absolute Gasteiger partial charge is 0.199 e. The van der Waals surface area contributed by atoms with E-state index in [2.05, 4.69) is 6.92 Å². The molecule has 0 bridgehead atoms. The van der Waals surface area contributed by atoms with Crippen LogP contribution in [0.5, 0.6) is 0 Å². The molecule has 1 rings (SSSR count). The topological polar surface area (TPSA) is 0 Å². The Labute approximate surface area is 93.6 Å². The molecular formula is C7H7Hf2-. The van der Waals surface area contributed by atoms with E-state index >= 15 is 0 Å². The van der Waals surface area contributed by atoms with E-state index in [-0.39, 0.29) is 51.7 Å². The molecule has 44 valence electrons. The first-order chi connectivity index (χ1) is 3.39. The third-order valence-corrected chi connectivity index (χ3v) is 0.843. The molecule has 0 aliphatic rings. The van der Waals surface area contributed by atoms with Gasteiger partial charge in [0.25, 0.3) is 0 Å². The van der Waals surface area contributed by atoms with E-state index in [1.54, 1.807) is 0 Å². The van der Waals surface area contributed by atoms with Crippen molar-refractivity contribution in [2.75, 3.05) is 0 Å².